The van der Waals surface area contributed by atoms with Crippen LogP contribution in [-0.2, 0) is 0 Å². The second kappa shape index (κ2) is 27.6. The maximum Gasteiger partial charge on any atom is -0.0230 e. The third-order valence-corrected chi connectivity index (χ3v) is 8.96. The maximum absolute atomic E-state index is 2.71. The van der Waals surface area contributed by atoms with Crippen molar-refractivity contribution in [3.63, 3.8) is 0 Å². The van der Waals surface area contributed by atoms with Crippen molar-refractivity contribution >= 4 is 0 Å². The monoisotopic (exact) mass is 547 g/mol. The summed E-state index contributed by atoms with van der Waals surface area (Å²) in [4.78, 5) is 0. The second-order valence-electron chi connectivity index (χ2n) is 10.1. The van der Waals surface area contributed by atoms with Crippen molar-refractivity contribution in [2.45, 2.75) is 206 Å². The van der Waals surface area contributed by atoms with Crippen LogP contribution >= 0.6 is 0 Å². The van der Waals surface area contributed by atoms with Gasteiger partial charge in [0.1, 0.15) is 0 Å². The molecule has 0 saturated heterocycles. The highest BCUT2D eigenvalue weighted by atomic mass is 14.7. The molecule has 7 atom stereocenters. The molecule has 1 spiro atoms. The van der Waals surface area contributed by atoms with Gasteiger partial charge in [0, 0.05) is 0 Å². The van der Waals surface area contributed by atoms with Crippen LogP contribution in [0.25, 0.3) is 0 Å². The molecule has 4 aliphatic rings. The minimum atomic E-state index is 0. The molecule has 0 radical (unpaired) electrons. The van der Waals surface area contributed by atoms with Crippen molar-refractivity contribution in [1.82, 2.24) is 0 Å². The van der Waals surface area contributed by atoms with Crippen LogP contribution in [0.2, 0.25) is 0 Å². The maximum atomic E-state index is 2.71. The van der Waals surface area contributed by atoms with E-state index in [0.29, 0.717) is 10.8 Å². The molecule has 0 N–H and O–H groups in total. The van der Waals surface area contributed by atoms with E-state index in [0.717, 1.165) is 35.0 Å². The first-order valence-electron chi connectivity index (χ1n) is 9.31. The van der Waals surface area contributed by atoms with Gasteiger partial charge in [-0.1, -0.05) is 167 Å². The van der Waals surface area contributed by atoms with Crippen molar-refractivity contribution in [2.75, 3.05) is 0 Å². The van der Waals surface area contributed by atoms with E-state index in [2.05, 4.69) is 34.6 Å². The zero-order valence-corrected chi connectivity index (χ0v) is 14.3. The van der Waals surface area contributed by atoms with Crippen molar-refractivity contribution in [3.8, 4) is 0 Å². The number of fused-ring (bicyclic) bond motifs is 3. The molecular formula is C37H102. The standard InChI is InChI=1S/C20H34.17CH4/c1-13-11-20-12-15(13)7-8-16(20)19(5)10-6-9-18(3,4)17(19)14(20)2;;;;;;;;;;;;;;;;;/h13-17H,6-12H2,1-5H3;17*1H4/t13-,14-,15+,16-,17+,19-,20+;;;;;;;;;;;;;;;;;/m0................./s1. The lowest BCUT2D eigenvalue weighted by molar-refractivity contribution is -0.0193. The fraction of sp³-hybridized carbons (Fsp3) is 1.00. The second-order valence-corrected chi connectivity index (χ2v) is 10.1. The molecule has 0 aromatic carbocycles. The Bertz CT molecular complexity index is 418. The van der Waals surface area contributed by atoms with E-state index in [1.54, 1.807) is 25.7 Å². The highest BCUT2D eigenvalue weighted by molar-refractivity contribution is 5.18. The van der Waals surface area contributed by atoms with Crippen molar-refractivity contribution in [3.05, 3.63) is 0 Å². The Balaban J connectivity index is -0.0000000259. The number of hydrogen-bond acceptors (Lipinski definition) is 0. The summed E-state index contributed by atoms with van der Waals surface area (Å²) in [5.41, 5.74) is 1.99. The molecule has 4 saturated carbocycles. The quantitative estimate of drug-likeness (QED) is 0.283. The first kappa shape index (κ1) is 90.6. The summed E-state index contributed by atoms with van der Waals surface area (Å²) >= 11 is 0. The van der Waals surface area contributed by atoms with E-state index in [4.69, 9.17) is 0 Å². The molecule has 4 aliphatic carbocycles. The van der Waals surface area contributed by atoms with E-state index in [1.165, 1.54) is 19.3 Å². The minimum absolute atomic E-state index is 0. The van der Waals surface area contributed by atoms with Crippen molar-refractivity contribution in [1.29, 1.82) is 0 Å². The molecule has 0 nitrogen and oxygen atoms in total. The number of rotatable bonds is 0. The predicted octanol–water partition coefficient (Wildman–Crippen LogP) is 16.7. The van der Waals surface area contributed by atoms with Gasteiger partial charge in [-0.05, 0) is 84.4 Å². The fourth-order valence-electron chi connectivity index (χ4n) is 8.65. The van der Waals surface area contributed by atoms with Gasteiger partial charge in [0.2, 0.25) is 0 Å². The van der Waals surface area contributed by atoms with Crippen molar-refractivity contribution < 1.29 is 0 Å². The van der Waals surface area contributed by atoms with Crippen LogP contribution in [-0.4, -0.2) is 0 Å². The molecule has 4 rings (SSSR count). The Morgan fingerprint density at radius 3 is 1.32 bits per heavy atom. The summed E-state index contributed by atoms with van der Waals surface area (Å²) in [6, 6.07) is 0. The third kappa shape index (κ3) is 11.2. The highest BCUT2D eigenvalue weighted by Crippen LogP contribution is 2.77. The molecule has 0 aliphatic heterocycles. The summed E-state index contributed by atoms with van der Waals surface area (Å²) in [6.07, 6.45) is 10.7. The molecule has 0 amide bonds. The van der Waals surface area contributed by atoms with Crippen molar-refractivity contribution in [2.24, 2.45) is 45.8 Å². The first-order chi connectivity index (χ1) is 9.31. The molecule has 0 unspecified atom stereocenters. The summed E-state index contributed by atoms with van der Waals surface area (Å²) in [6.45, 7) is 13.1. The lowest BCUT2D eigenvalue weighted by atomic mass is 9.54. The van der Waals surface area contributed by atoms with Gasteiger partial charge >= 0.3 is 0 Å². The fourth-order valence-corrected chi connectivity index (χ4v) is 8.65. The van der Waals surface area contributed by atoms with Crippen LogP contribution in [0.5, 0.6) is 0 Å². The minimum Gasteiger partial charge on any atom is -0.0776 e. The van der Waals surface area contributed by atoms with Gasteiger partial charge in [0.15, 0.2) is 0 Å². The van der Waals surface area contributed by atoms with Crippen LogP contribution in [0.15, 0.2) is 0 Å². The average Bonchev–Trinajstić information content (AvgIpc) is 2.71. The van der Waals surface area contributed by atoms with Crippen LogP contribution in [0.4, 0.5) is 0 Å². The van der Waals surface area contributed by atoms with Crippen LogP contribution in [0.1, 0.15) is 206 Å². The number of hydrogen-bond donors (Lipinski definition) is 0. The molecule has 0 aromatic heterocycles. The molecule has 2 bridgehead atoms. The molecule has 0 heteroatoms. The highest BCUT2D eigenvalue weighted by Gasteiger charge is 2.70. The molecular weight excluding hydrogens is 444 g/mol. The first-order valence-corrected chi connectivity index (χ1v) is 9.31. The van der Waals surface area contributed by atoms with E-state index < -0.39 is 0 Å². The molecule has 37 heavy (non-hydrogen) atoms. The lowest BCUT2D eigenvalue weighted by Gasteiger charge is -2.51. The third-order valence-electron chi connectivity index (χ3n) is 8.96. The zero-order chi connectivity index (χ0) is 14.3. The van der Waals surface area contributed by atoms with Gasteiger partial charge in [-0.2, -0.15) is 0 Å². The van der Waals surface area contributed by atoms with Gasteiger partial charge < -0.3 is 0 Å². The van der Waals surface area contributed by atoms with E-state index in [-0.39, 0.29) is 126 Å². The Hall–Kier alpha value is 0. The Labute approximate surface area is 251 Å². The lowest BCUT2D eigenvalue weighted by Crippen LogP contribution is -2.43. The summed E-state index contributed by atoms with van der Waals surface area (Å²) < 4.78 is 0. The zero-order valence-electron chi connectivity index (χ0n) is 14.3. The topological polar surface area (TPSA) is 0 Å². The van der Waals surface area contributed by atoms with Crippen LogP contribution in [0, 0.1) is 45.8 Å². The molecule has 0 aromatic rings. The SMILES string of the molecule is C.C.C.C.C.C.C.C.C.C.C.C.C.C.C.C.C.C[C@H]1C[C@]23C[C@H]1CC[C@H]2[C@]1(C)CCCC(C)(C)[C@H]1[C@@H]3C. The normalized spacial score (nSPS) is 32.5. The Morgan fingerprint density at radius 1 is 0.514 bits per heavy atom. The van der Waals surface area contributed by atoms with Crippen LogP contribution in [0.3, 0.4) is 0 Å². The van der Waals surface area contributed by atoms with Gasteiger partial charge in [0.05, 0.1) is 0 Å². The molecule has 250 valence electrons. The van der Waals surface area contributed by atoms with Gasteiger partial charge in [-0.25, -0.2) is 0 Å². The van der Waals surface area contributed by atoms with Gasteiger partial charge in [-0.15, -0.1) is 0 Å². The Kier molecular flexibility index (Phi) is 67.5. The predicted molar refractivity (Wildman–Crippen MR) is 200 cm³/mol. The van der Waals surface area contributed by atoms with E-state index in [9.17, 15) is 0 Å². The Morgan fingerprint density at radius 2 is 0.919 bits per heavy atom. The summed E-state index contributed by atoms with van der Waals surface area (Å²) in [5.74, 6) is 5.09. The van der Waals surface area contributed by atoms with Crippen LogP contribution < -0.4 is 0 Å². The van der Waals surface area contributed by atoms with E-state index >= 15 is 0 Å². The summed E-state index contributed by atoms with van der Waals surface area (Å²) in [5, 5.41) is 0. The summed E-state index contributed by atoms with van der Waals surface area (Å²) in [7, 11) is 0. The van der Waals surface area contributed by atoms with E-state index in [1.807, 2.05) is 0 Å². The average molecular weight is 547 g/mol. The largest absolute Gasteiger partial charge is 0.0776 e. The smallest absolute Gasteiger partial charge is 0.0230 e. The molecule has 4 fully saturated rings. The van der Waals surface area contributed by atoms with Gasteiger partial charge in [-0.3, -0.25) is 0 Å². The molecule has 0 heterocycles. The van der Waals surface area contributed by atoms with Gasteiger partial charge in [0.25, 0.3) is 0 Å².